The highest BCUT2D eigenvalue weighted by atomic mass is 32.2. The van der Waals surface area contributed by atoms with Gasteiger partial charge in [0, 0.05) is 23.9 Å². The first-order valence-corrected chi connectivity index (χ1v) is 9.54. The molecule has 3 rings (SSSR count). The number of nitrogens with one attached hydrogen (secondary N) is 1. The number of hydrogen-bond acceptors (Lipinski definition) is 4. The normalized spacial score (nSPS) is 28.3. The maximum absolute atomic E-state index is 10.6. The van der Waals surface area contributed by atoms with E-state index in [1.54, 1.807) is 0 Å². The van der Waals surface area contributed by atoms with Crippen LogP contribution in [0.3, 0.4) is 0 Å². The van der Waals surface area contributed by atoms with Crippen LogP contribution in [0.4, 0.5) is 0 Å². The Morgan fingerprint density at radius 3 is 3.05 bits per heavy atom. The first-order chi connectivity index (χ1) is 10.6. The molecule has 2 heterocycles. The molecule has 1 saturated heterocycles. The van der Waals surface area contributed by atoms with Gasteiger partial charge in [0.25, 0.3) is 0 Å². The highest BCUT2D eigenvalue weighted by molar-refractivity contribution is 7.99. The van der Waals surface area contributed by atoms with E-state index < -0.39 is 5.60 Å². The summed E-state index contributed by atoms with van der Waals surface area (Å²) in [5.41, 5.74) is 2.02. The van der Waals surface area contributed by atoms with Crippen LogP contribution in [0.5, 0.6) is 5.75 Å². The van der Waals surface area contributed by atoms with Gasteiger partial charge in [-0.25, -0.2) is 0 Å². The lowest BCUT2D eigenvalue weighted by atomic mass is 9.94. The van der Waals surface area contributed by atoms with Gasteiger partial charge < -0.3 is 15.2 Å². The SMILES string of the molecule is CC(C)c1cccc2c1OCCCC2NCC1(O)CCSC1. The number of ether oxygens (including phenoxy) is 1. The third kappa shape index (κ3) is 3.44. The lowest BCUT2D eigenvalue weighted by Gasteiger charge is -2.27. The second kappa shape index (κ2) is 6.81. The fraction of sp³-hybridized carbons (Fsp3) is 0.667. The van der Waals surface area contributed by atoms with E-state index in [0.29, 0.717) is 12.5 Å². The smallest absolute Gasteiger partial charge is 0.127 e. The summed E-state index contributed by atoms with van der Waals surface area (Å²) in [6, 6.07) is 6.77. The van der Waals surface area contributed by atoms with Crippen molar-refractivity contribution in [2.24, 2.45) is 0 Å². The molecule has 2 aliphatic rings. The van der Waals surface area contributed by atoms with Crippen LogP contribution in [0, 0.1) is 0 Å². The summed E-state index contributed by atoms with van der Waals surface area (Å²) in [7, 11) is 0. The van der Waals surface area contributed by atoms with Crippen molar-refractivity contribution < 1.29 is 9.84 Å². The minimum Gasteiger partial charge on any atom is -0.493 e. The molecule has 1 fully saturated rings. The third-order valence-corrected chi connectivity index (χ3v) is 5.95. The molecule has 2 aliphatic heterocycles. The average molecular weight is 321 g/mol. The van der Waals surface area contributed by atoms with Crippen LogP contribution in [0.2, 0.25) is 0 Å². The van der Waals surface area contributed by atoms with E-state index in [1.165, 1.54) is 11.1 Å². The fourth-order valence-corrected chi connectivity index (χ4v) is 4.64. The number of thioether (sulfide) groups is 1. The van der Waals surface area contributed by atoms with Crippen LogP contribution in [-0.2, 0) is 0 Å². The average Bonchev–Trinajstić information content (AvgIpc) is 2.82. The Kier molecular flexibility index (Phi) is 5.00. The summed E-state index contributed by atoms with van der Waals surface area (Å²) in [5, 5.41) is 14.2. The van der Waals surface area contributed by atoms with Crippen molar-refractivity contribution >= 4 is 11.8 Å². The van der Waals surface area contributed by atoms with E-state index in [0.717, 1.165) is 43.1 Å². The monoisotopic (exact) mass is 321 g/mol. The Labute approximate surface area is 137 Å². The molecule has 0 saturated carbocycles. The first kappa shape index (κ1) is 16.2. The molecule has 2 atom stereocenters. The molecule has 1 aromatic carbocycles. The van der Waals surface area contributed by atoms with E-state index in [-0.39, 0.29) is 6.04 Å². The van der Waals surface area contributed by atoms with Gasteiger partial charge in [0.1, 0.15) is 5.75 Å². The van der Waals surface area contributed by atoms with Gasteiger partial charge in [-0.05, 0) is 36.5 Å². The maximum atomic E-state index is 10.6. The van der Waals surface area contributed by atoms with Gasteiger partial charge in [-0.2, -0.15) is 11.8 Å². The molecule has 0 amide bonds. The molecule has 1 aromatic rings. The van der Waals surface area contributed by atoms with Gasteiger partial charge in [0.05, 0.1) is 12.2 Å². The number of aliphatic hydroxyl groups is 1. The lowest BCUT2D eigenvalue weighted by Crippen LogP contribution is -2.41. The highest BCUT2D eigenvalue weighted by Gasteiger charge is 2.33. The molecule has 0 aliphatic carbocycles. The largest absolute Gasteiger partial charge is 0.493 e. The fourth-order valence-electron chi connectivity index (χ4n) is 3.35. The molecular formula is C18H27NO2S. The molecular weight excluding hydrogens is 294 g/mol. The molecule has 0 bridgehead atoms. The van der Waals surface area contributed by atoms with Crippen molar-refractivity contribution in [3.05, 3.63) is 29.3 Å². The number of hydrogen-bond donors (Lipinski definition) is 2. The topological polar surface area (TPSA) is 41.5 Å². The maximum Gasteiger partial charge on any atom is 0.127 e. The van der Waals surface area contributed by atoms with Crippen LogP contribution >= 0.6 is 11.8 Å². The van der Waals surface area contributed by atoms with E-state index >= 15 is 0 Å². The molecule has 0 aromatic heterocycles. The van der Waals surface area contributed by atoms with Gasteiger partial charge in [0.2, 0.25) is 0 Å². The van der Waals surface area contributed by atoms with Crippen LogP contribution in [-0.4, -0.2) is 35.4 Å². The van der Waals surface area contributed by atoms with Gasteiger partial charge in [-0.1, -0.05) is 32.0 Å². The third-order valence-electron chi connectivity index (χ3n) is 4.72. The van der Waals surface area contributed by atoms with Gasteiger partial charge in [-0.15, -0.1) is 0 Å². The zero-order valence-electron chi connectivity index (χ0n) is 13.6. The predicted molar refractivity (Wildman–Crippen MR) is 92.9 cm³/mol. The van der Waals surface area contributed by atoms with Crippen molar-refractivity contribution in [1.82, 2.24) is 5.32 Å². The van der Waals surface area contributed by atoms with E-state index in [2.05, 4.69) is 37.4 Å². The summed E-state index contributed by atoms with van der Waals surface area (Å²) in [6.07, 6.45) is 3.02. The minimum atomic E-state index is -0.534. The van der Waals surface area contributed by atoms with Crippen LogP contribution in [0.1, 0.15) is 56.2 Å². The van der Waals surface area contributed by atoms with Gasteiger partial charge >= 0.3 is 0 Å². The van der Waals surface area contributed by atoms with Crippen LogP contribution in [0.25, 0.3) is 0 Å². The van der Waals surface area contributed by atoms with Crippen molar-refractivity contribution in [3.8, 4) is 5.75 Å². The molecule has 0 radical (unpaired) electrons. The number of benzene rings is 1. The Bertz CT molecular complexity index is 512. The molecule has 2 unspecified atom stereocenters. The highest BCUT2D eigenvalue weighted by Crippen LogP contribution is 2.38. The zero-order chi connectivity index (χ0) is 15.6. The lowest BCUT2D eigenvalue weighted by molar-refractivity contribution is 0.0642. The second-order valence-electron chi connectivity index (χ2n) is 6.87. The molecule has 122 valence electrons. The standard InChI is InChI=1S/C18H27NO2S/c1-13(2)14-5-3-6-15-16(7-4-9-21-17(14)15)19-11-18(20)8-10-22-12-18/h3,5-6,13,16,19-20H,4,7-12H2,1-2H3. The second-order valence-corrected chi connectivity index (χ2v) is 7.98. The summed E-state index contributed by atoms with van der Waals surface area (Å²) in [4.78, 5) is 0. The molecule has 4 heteroatoms. The van der Waals surface area contributed by atoms with Gasteiger partial charge in [0.15, 0.2) is 0 Å². The van der Waals surface area contributed by atoms with Crippen LogP contribution in [0.15, 0.2) is 18.2 Å². The molecule has 22 heavy (non-hydrogen) atoms. The zero-order valence-corrected chi connectivity index (χ0v) is 14.4. The predicted octanol–water partition coefficient (Wildman–Crippen LogP) is 3.48. The number of rotatable bonds is 4. The van der Waals surface area contributed by atoms with Crippen molar-refractivity contribution in [2.75, 3.05) is 24.7 Å². The number of para-hydroxylation sites is 1. The van der Waals surface area contributed by atoms with E-state index in [4.69, 9.17) is 4.74 Å². The van der Waals surface area contributed by atoms with Crippen molar-refractivity contribution in [3.63, 3.8) is 0 Å². The van der Waals surface area contributed by atoms with E-state index in [9.17, 15) is 5.11 Å². The minimum absolute atomic E-state index is 0.283. The van der Waals surface area contributed by atoms with Gasteiger partial charge in [-0.3, -0.25) is 0 Å². The summed E-state index contributed by atoms with van der Waals surface area (Å²) in [6.45, 7) is 5.89. The number of fused-ring (bicyclic) bond motifs is 1. The Morgan fingerprint density at radius 2 is 2.32 bits per heavy atom. The quantitative estimate of drug-likeness (QED) is 0.891. The summed E-state index contributed by atoms with van der Waals surface area (Å²) >= 11 is 1.85. The van der Waals surface area contributed by atoms with Crippen LogP contribution < -0.4 is 10.1 Å². The summed E-state index contributed by atoms with van der Waals surface area (Å²) < 4.78 is 6.06. The Balaban J connectivity index is 1.80. The Hall–Kier alpha value is -0.710. The summed E-state index contributed by atoms with van der Waals surface area (Å²) in [5.74, 6) is 3.45. The first-order valence-electron chi connectivity index (χ1n) is 8.38. The van der Waals surface area contributed by atoms with E-state index in [1.807, 2.05) is 11.8 Å². The molecule has 3 nitrogen and oxygen atoms in total. The molecule has 0 spiro atoms. The molecule has 2 N–H and O–H groups in total. The van der Waals surface area contributed by atoms with Crippen molar-refractivity contribution in [2.45, 2.75) is 50.7 Å². The van der Waals surface area contributed by atoms with Crippen molar-refractivity contribution in [1.29, 1.82) is 0 Å². The Morgan fingerprint density at radius 1 is 1.45 bits per heavy atom.